The number of nitrogens with one attached hydrogen (secondary N) is 2. The van der Waals surface area contributed by atoms with Gasteiger partial charge in [0.1, 0.15) is 28.6 Å². The third-order valence-corrected chi connectivity index (χ3v) is 9.34. The van der Waals surface area contributed by atoms with Gasteiger partial charge in [0.05, 0.1) is 39.1 Å². The molecule has 0 radical (unpaired) electrons. The minimum atomic E-state index is -0.393. The van der Waals surface area contributed by atoms with E-state index in [1.165, 1.54) is 6.07 Å². The van der Waals surface area contributed by atoms with Gasteiger partial charge in [-0.1, -0.05) is 26.0 Å². The van der Waals surface area contributed by atoms with Crippen LogP contribution in [0.4, 0.5) is 22.7 Å². The molecule has 58 heavy (non-hydrogen) atoms. The molecule has 8 aromatic rings. The van der Waals surface area contributed by atoms with Crippen molar-refractivity contribution in [3.63, 3.8) is 0 Å². The highest BCUT2D eigenvalue weighted by Crippen LogP contribution is 2.32. The number of hydrogen-bond donors (Lipinski definition) is 3. The molecule has 14 nitrogen and oxygen atoms in total. The Morgan fingerprint density at radius 3 is 1.60 bits per heavy atom. The molecular weight excluding hydrogens is 733 g/mol. The normalized spacial score (nSPS) is 10.9. The van der Waals surface area contributed by atoms with Gasteiger partial charge >= 0.3 is 0 Å². The van der Waals surface area contributed by atoms with Gasteiger partial charge < -0.3 is 25.2 Å². The molecule has 0 aliphatic rings. The van der Waals surface area contributed by atoms with Crippen LogP contribution in [0.1, 0.15) is 47.9 Å². The molecule has 2 aromatic carbocycles. The Morgan fingerprint density at radius 1 is 0.672 bits per heavy atom. The van der Waals surface area contributed by atoms with Gasteiger partial charge in [-0.05, 0) is 117 Å². The van der Waals surface area contributed by atoms with E-state index < -0.39 is 4.92 Å². The van der Waals surface area contributed by atoms with Crippen LogP contribution in [0, 0.1) is 24.0 Å². The van der Waals surface area contributed by atoms with Crippen LogP contribution in [-0.4, -0.2) is 34.5 Å². The first-order chi connectivity index (χ1) is 28.2. The van der Waals surface area contributed by atoms with Gasteiger partial charge in [-0.2, -0.15) is 10.2 Å². The summed E-state index contributed by atoms with van der Waals surface area (Å²) in [5, 5.41) is 27.6. The fraction of sp³-hybridized carbons (Fsp3) is 0.182. The van der Waals surface area contributed by atoms with Crippen molar-refractivity contribution >= 4 is 22.7 Å². The van der Waals surface area contributed by atoms with Crippen LogP contribution in [0.2, 0.25) is 0 Å². The van der Waals surface area contributed by atoms with Crippen LogP contribution >= 0.6 is 0 Å². The van der Waals surface area contributed by atoms with Crippen molar-refractivity contribution in [1.82, 2.24) is 29.5 Å². The molecule has 0 saturated carbocycles. The number of hydrogen-bond acceptors (Lipinski definition) is 11. The molecule has 0 amide bonds. The number of furan rings is 2. The van der Waals surface area contributed by atoms with E-state index in [0.29, 0.717) is 35.9 Å². The minimum Gasteiger partial charge on any atom is -0.460 e. The van der Waals surface area contributed by atoms with Gasteiger partial charge in [-0.15, -0.1) is 0 Å². The van der Waals surface area contributed by atoms with Crippen LogP contribution in [0.15, 0.2) is 131 Å². The monoisotopic (exact) mass is 776 g/mol. The quantitative estimate of drug-likeness (QED) is 0.0576. The fourth-order valence-corrected chi connectivity index (χ4v) is 6.29. The average molecular weight is 777 g/mol. The van der Waals surface area contributed by atoms with Crippen molar-refractivity contribution in [3.05, 3.63) is 166 Å². The largest absolute Gasteiger partial charge is 0.460 e. The van der Waals surface area contributed by atoms with Crippen molar-refractivity contribution in [2.45, 2.75) is 53.6 Å². The number of rotatable bonds is 13. The maximum Gasteiger partial charge on any atom is 0.294 e. The predicted molar refractivity (Wildman–Crippen MR) is 225 cm³/mol. The Balaban J connectivity index is 0.000000177. The van der Waals surface area contributed by atoms with Crippen LogP contribution < -0.4 is 16.4 Å². The summed E-state index contributed by atoms with van der Waals surface area (Å²) in [6.07, 6.45) is 8.60. The van der Waals surface area contributed by atoms with Crippen LogP contribution in [0.3, 0.4) is 0 Å². The number of aromatic nitrogens is 6. The Labute approximate surface area is 335 Å². The number of anilines is 3. The molecule has 0 atom stereocenters. The second kappa shape index (κ2) is 17.5. The van der Waals surface area contributed by atoms with E-state index >= 15 is 0 Å². The average Bonchev–Trinajstić information content (AvgIpc) is 4.07. The van der Waals surface area contributed by atoms with E-state index in [1.54, 1.807) is 29.3 Å². The molecule has 0 bridgehead atoms. The summed E-state index contributed by atoms with van der Waals surface area (Å²) in [6.45, 7) is 9.01. The SMILES string of the molecule is CCc1cc(-c2ccc(C)o2)n(-c2ccc(NCc3cccnc3)c(N)c2)n1.CCc1cc(-c2ccc(C)o2)n(-c2ccc(NCc3cccnc3)c([N+](=O)[O-])c2)n1. The lowest BCUT2D eigenvalue weighted by atomic mass is 10.2. The first-order valence-corrected chi connectivity index (χ1v) is 18.9. The summed E-state index contributed by atoms with van der Waals surface area (Å²) in [7, 11) is 0. The zero-order valence-electron chi connectivity index (χ0n) is 32.7. The summed E-state index contributed by atoms with van der Waals surface area (Å²) < 4.78 is 15.2. The standard InChI is InChI=1S/C22H21N5O3.C22H23N5O/c1-3-17-11-21(22-9-6-15(2)30-22)26(25-17)18-7-8-19(20(12-18)27(28)29)24-14-16-5-4-10-23-13-16;1-3-17-11-21(22-9-6-15(2)28-22)27(26-17)18-7-8-20(19(23)12-18)25-14-16-5-4-10-24-13-16/h4-13,24H,3,14H2,1-2H3;4-13,25H,3,14,23H2,1-2H3. The number of pyridine rings is 2. The van der Waals surface area contributed by atoms with Crippen molar-refractivity contribution in [3.8, 4) is 34.3 Å². The number of aryl methyl sites for hydroxylation is 4. The highest BCUT2D eigenvalue weighted by molar-refractivity contribution is 5.71. The molecule has 6 aromatic heterocycles. The molecule has 14 heteroatoms. The summed E-state index contributed by atoms with van der Waals surface area (Å²) in [5.74, 6) is 3.12. The van der Waals surface area contributed by atoms with Gasteiger partial charge in [0.25, 0.3) is 5.69 Å². The maximum absolute atomic E-state index is 11.7. The fourth-order valence-electron chi connectivity index (χ4n) is 6.29. The molecule has 294 valence electrons. The molecule has 0 saturated heterocycles. The zero-order valence-corrected chi connectivity index (χ0v) is 32.7. The number of nitro benzene ring substituents is 1. The molecule has 0 unspecified atom stereocenters. The summed E-state index contributed by atoms with van der Waals surface area (Å²) in [6, 6.07) is 30.3. The Hall–Kier alpha value is -7.48. The lowest BCUT2D eigenvalue weighted by Crippen LogP contribution is -2.05. The highest BCUT2D eigenvalue weighted by atomic mass is 16.6. The van der Waals surface area contributed by atoms with E-state index in [1.807, 2.05) is 111 Å². The van der Waals surface area contributed by atoms with Crippen molar-refractivity contribution in [2.75, 3.05) is 16.4 Å². The van der Waals surface area contributed by atoms with E-state index in [0.717, 1.165) is 75.4 Å². The number of benzene rings is 2. The Bertz CT molecular complexity index is 2630. The van der Waals surface area contributed by atoms with Gasteiger partial charge in [0.15, 0.2) is 11.5 Å². The lowest BCUT2D eigenvalue weighted by molar-refractivity contribution is -0.383. The summed E-state index contributed by atoms with van der Waals surface area (Å²) >= 11 is 0. The van der Waals surface area contributed by atoms with Crippen molar-refractivity contribution in [1.29, 1.82) is 0 Å². The molecule has 0 aliphatic heterocycles. The Morgan fingerprint density at radius 2 is 1.17 bits per heavy atom. The van der Waals surface area contributed by atoms with Crippen LogP contribution in [-0.2, 0) is 25.9 Å². The first kappa shape index (κ1) is 38.8. The smallest absolute Gasteiger partial charge is 0.294 e. The van der Waals surface area contributed by atoms with E-state index in [9.17, 15) is 10.1 Å². The minimum absolute atomic E-state index is 0.0217. The molecule has 4 N–H and O–H groups in total. The number of nitrogens with two attached hydrogens (primary N) is 1. The van der Waals surface area contributed by atoms with Gasteiger partial charge in [0.2, 0.25) is 0 Å². The molecule has 6 heterocycles. The molecule has 0 fully saturated rings. The second-order valence-corrected chi connectivity index (χ2v) is 13.6. The summed E-state index contributed by atoms with van der Waals surface area (Å²) in [4.78, 5) is 19.5. The van der Waals surface area contributed by atoms with E-state index in [2.05, 4.69) is 38.7 Å². The van der Waals surface area contributed by atoms with Gasteiger partial charge in [-0.3, -0.25) is 20.1 Å². The highest BCUT2D eigenvalue weighted by Gasteiger charge is 2.20. The topological polar surface area (TPSA) is 181 Å². The molecule has 0 spiro atoms. The molecule has 0 aliphatic carbocycles. The Kier molecular flexibility index (Phi) is 11.7. The third-order valence-electron chi connectivity index (χ3n) is 9.34. The van der Waals surface area contributed by atoms with E-state index in [-0.39, 0.29) is 5.69 Å². The van der Waals surface area contributed by atoms with Gasteiger partial charge in [-0.25, -0.2) is 9.36 Å². The van der Waals surface area contributed by atoms with Crippen molar-refractivity contribution < 1.29 is 13.8 Å². The number of nitrogens with zero attached hydrogens (tertiary/aromatic N) is 7. The third kappa shape index (κ3) is 8.97. The number of nitro groups is 1. The van der Waals surface area contributed by atoms with Crippen molar-refractivity contribution in [2.24, 2.45) is 0 Å². The van der Waals surface area contributed by atoms with Gasteiger partial charge in [0, 0.05) is 43.9 Å². The predicted octanol–water partition coefficient (Wildman–Crippen LogP) is 9.51. The van der Waals surface area contributed by atoms with Crippen LogP contribution in [0.5, 0.6) is 0 Å². The van der Waals surface area contributed by atoms with Crippen LogP contribution in [0.25, 0.3) is 34.3 Å². The van der Waals surface area contributed by atoms with E-state index in [4.69, 9.17) is 19.7 Å². The molecular formula is C44H44N10O4. The lowest BCUT2D eigenvalue weighted by Gasteiger charge is -2.12. The second-order valence-electron chi connectivity index (χ2n) is 13.6. The summed E-state index contributed by atoms with van der Waals surface area (Å²) in [5.41, 5.74) is 15.3. The molecule has 8 rings (SSSR count). The first-order valence-electron chi connectivity index (χ1n) is 18.9. The number of nitrogen functional groups attached to an aromatic ring is 1. The zero-order chi connectivity index (χ0) is 40.6. The maximum atomic E-state index is 11.7.